The predicted octanol–water partition coefficient (Wildman–Crippen LogP) is 0.895. The van der Waals surface area contributed by atoms with E-state index < -0.39 is 22.4 Å². The smallest absolute Gasteiger partial charge is 0.241 e. The number of hydrogen-bond acceptors (Lipinski definition) is 5. The standard InChI is InChI=1S/C13H14FN3O3S/c1-9-15-5-4-12(17-9)7-16-21(19,20)13-6-11(14)3-2-10(13)8-18/h2-6,16,18H,7-8H2,1H3. The van der Waals surface area contributed by atoms with Crippen molar-refractivity contribution in [3.63, 3.8) is 0 Å². The lowest BCUT2D eigenvalue weighted by atomic mass is 10.2. The summed E-state index contributed by atoms with van der Waals surface area (Å²) in [4.78, 5) is 7.70. The molecule has 1 heterocycles. The van der Waals surface area contributed by atoms with Gasteiger partial charge in [-0.25, -0.2) is 27.5 Å². The molecule has 21 heavy (non-hydrogen) atoms. The summed E-state index contributed by atoms with van der Waals surface area (Å²) in [5, 5.41) is 9.16. The van der Waals surface area contributed by atoms with Gasteiger partial charge >= 0.3 is 0 Å². The summed E-state index contributed by atoms with van der Waals surface area (Å²) < 4.78 is 39.9. The topological polar surface area (TPSA) is 92.2 Å². The Bertz CT molecular complexity index is 750. The van der Waals surface area contributed by atoms with Gasteiger partial charge in [-0.1, -0.05) is 6.07 Å². The normalized spacial score (nSPS) is 11.6. The molecule has 0 atom stereocenters. The molecule has 0 unspecified atom stereocenters. The Morgan fingerprint density at radius 2 is 2.10 bits per heavy atom. The minimum atomic E-state index is -3.95. The van der Waals surface area contributed by atoms with E-state index in [0.717, 1.165) is 12.1 Å². The molecule has 2 rings (SSSR count). The van der Waals surface area contributed by atoms with Gasteiger partial charge < -0.3 is 5.11 Å². The molecule has 0 saturated heterocycles. The number of halogens is 1. The molecule has 0 fully saturated rings. The first-order chi connectivity index (χ1) is 9.92. The van der Waals surface area contributed by atoms with Crippen LogP contribution in [0.5, 0.6) is 0 Å². The zero-order chi connectivity index (χ0) is 15.5. The number of aromatic nitrogens is 2. The van der Waals surface area contributed by atoms with E-state index in [0.29, 0.717) is 11.5 Å². The number of sulfonamides is 1. The Kier molecular flexibility index (Phi) is 4.61. The summed E-state index contributed by atoms with van der Waals surface area (Å²) in [7, 11) is -3.95. The first-order valence-electron chi connectivity index (χ1n) is 6.10. The average Bonchev–Trinajstić information content (AvgIpc) is 2.45. The summed E-state index contributed by atoms with van der Waals surface area (Å²) >= 11 is 0. The van der Waals surface area contributed by atoms with E-state index in [2.05, 4.69) is 14.7 Å². The lowest BCUT2D eigenvalue weighted by Crippen LogP contribution is -2.25. The third-order valence-corrected chi connectivity index (χ3v) is 4.25. The van der Waals surface area contributed by atoms with Crippen molar-refractivity contribution in [2.75, 3.05) is 0 Å². The van der Waals surface area contributed by atoms with E-state index in [4.69, 9.17) is 5.11 Å². The number of aliphatic hydroxyl groups excluding tert-OH is 1. The van der Waals surface area contributed by atoms with Crippen molar-refractivity contribution in [3.8, 4) is 0 Å². The number of hydrogen-bond donors (Lipinski definition) is 2. The lowest BCUT2D eigenvalue weighted by Gasteiger charge is -2.10. The van der Waals surface area contributed by atoms with Crippen LogP contribution in [0.1, 0.15) is 17.1 Å². The van der Waals surface area contributed by atoms with Crippen LogP contribution < -0.4 is 4.72 Å². The average molecular weight is 311 g/mol. The molecule has 1 aromatic carbocycles. The summed E-state index contributed by atoms with van der Waals surface area (Å²) in [6, 6.07) is 4.78. The van der Waals surface area contributed by atoms with Crippen LogP contribution in [0.4, 0.5) is 4.39 Å². The Labute approximate surface area is 121 Å². The van der Waals surface area contributed by atoms with Crippen molar-refractivity contribution in [2.24, 2.45) is 0 Å². The number of aliphatic hydroxyl groups is 1. The Morgan fingerprint density at radius 1 is 1.33 bits per heavy atom. The number of benzene rings is 1. The third-order valence-electron chi connectivity index (χ3n) is 2.77. The van der Waals surface area contributed by atoms with E-state index in [1.807, 2.05) is 0 Å². The second-order valence-electron chi connectivity index (χ2n) is 4.33. The molecule has 0 radical (unpaired) electrons. The zero-order valence-corrected chi connectivity index (χ0v) is 12.1. The van der Waals surface area contributed by atoms with Gasteiger partial charge in [-0.15, -0.1) is 0 Å². The number of aryl methyl sites for hydroxylation is 1. The minimum Gasteiger partial charge on any atom is -0.392 e. The van der Waals surface area contributed by atoms with Gasteiger partial charge in [-0.05, 0) is 30.7 Å². The van der Waals surface area contributed by atoms with Crippen molar-refractivity contribution in [1.82, 2.24) is 14.7 Å². The van der Waals surface area contributed by atoms with Gasteiger partial charge in [-0.2, -0.15) is 0 Å². The van der Waals surface area contributed by atoms with E-state index in [1.54, 1.807) is 13.0 Å². The van der Waals surface area contributed by atoms with Crippen molar-refractivity contribution in [3.05, 3.63) is 53.4 Å². The van der Waals surface area contributed by atoms with Crippen LogP contribution in [-0.4, -0.2) is 23.5 Å². The summed E-state index contributed by atoms with van der Waals surface area (Å²) in [6.45, 7) is 1.14. The molecule has 0 spiro atoms. The molecule has 2 aromatic rings. The largest absolute Gasteiger partial charge is 0.392 e. The van der Waals surface area contributed by atoms with Crippen LogP contribution in [0.25, 0.3) is 0 Å². The summed E-state index contributed by atoms with van der Waals surface area (Å²) in [5.41, 5.74) is 0.621. The summed E-state index contributed by atoms with van der Waals surface area (Å²) in [5.74, 6) is -0.168. The van der Waals surface area contributed by atoms with Crippen LogP contribution in [0.2, 0.25) is 0 Å². The molecule has 8 heteroatoms. The highest BCUT2D eigenvalue weighted by Crippen LogP contribution is 2.17. The molecule has 6 nitrogen and oxygen atoms in total. The molecular formula is C13H14FN3O3S. The van der Waals surface area contributed by atoms with Gasteiger partial charge in [0.25, 0.3) is 0 Å². The summed E-state index contributed by atoms with van der Waals surface area (Å²) in [6.07, 6.45) is 1.52. The Hall–Kier alpha value is -1.90. The molecule has 0 aliphatic heterocycles. The predicted molar refractivity (Wildman–Crippen MR) is 73.1 cm³/mol. The Balaban J connectivity index is 2.24. The molecule has 1 aromatic heterocycles. The second kappa shape index (κ2) is 6.25. The molecule has 0 saturated carbocycles. The van der Waals surface area contributed by atoms with Crippen LogP contribution in [-0.2, 0) is 23.2 Å². The maximum atomic E-state index is 13.2. The first kappa shape index (κ1) is 15.5. The van der Waals surface area contributed by atoms with Crippen LogP contribution in [0.15, 0.2) is 35.4 Å². The fourth-order valence-electron chi connectivity index (χ4n) is 1.76. The molecular weight excluding hydrogens is 297 g/mol. The van der Waals surface area contributed by atoms with E-state index >= 15 is 0 Å². The molecule has 2 N–H and O–H groups in total. The van der Waals surface area contributed by atoms with Crippen molar-refractivity contribution >= 4 is 10.0 Å². The third kappa shape index (κ3) is 3.81. The van der Waals surface area contributed by atoms with E-state index in [1.165, 1.54) is 12.3 Å². The number of rotatable bonds is 5. The molecule has 0 aliphatic rings. The molecule has 0 bridgehead atoms. The highest BCUT2D eigenvalue weighted by molar-refractivity contribution is 7.89. The van der Waals surface area contributed by atoms with E-state index in [9.17, 15) is 12.8 Å². The van der Waals surface area contributed by atoms with Gasteiger partial charge in [-0.3, -0.25) is 0 Å². The van der Waals surface area contributed by atoms with Gasteiger partial charge in [0.1, 0.15) is 11.6 Å². The minimum absolute atomic E-state index is 0.0485. The zero-order valence-electron chi connectivity index (χ0n) is 11.2. The second-order valence-corrected chi connectivity index (χ2v) is 6.07. The molecule has 0 aliphatic carbocycles. The van der Waals surface area contributed by atoms with Gasteiger partial charge in [0.2, 0.25) is 10.0 Å². The van der Waals surface area contributed by atoms with Crippen LogP contribution in [0, 0.1) is 12.7 Å². The van der Waals surface area contributed by atoms with Crippen molar-refractivity contribution in [1.29, 1.82) is 0 Å². The van der Waals surface area contributed by atoms with Crippen molar-refractivity contribution in [2.45, 2.75) is 25.0 Å². The SMILES string of the molecule is Cc1nccc(CNS(=O)(=O)c2cc(F)ccc2CO)n1. The molecule has 0 amide bonds. The van der Waals surface area contributed by atoms with Gasteiger partial charge in [0.05, 0.1) is 23.7 Å². The van der Waals surface area contributed by atoms with Gasteiger partial charge in [0.15, 0.2) is 0 Å². The first-order valence-corrected chi connectivity index (χ1v) is 7.58. The highest BCUT2D eigenvalue weighted by Gasteiger charge is 2.19. The Morgan fingerprint density at radius 3 is 2.76 bits per heavy atom. The van der Waals surface area contributed by atoms with Crippen LogP contribution >= 0.6 is 0 Å². The fraction of sp³-hybridized carbons (Fsp3) is 0.231. The lowest BCUT2D eigenvalue weighted by molar-refractivity contribution is 0.278. The maximum absolute atomic E-state index is 13.2. The number of nitrogens with one attached hydrogen (secondary N) is 1. The quantitative estimate of drug-likeness (QED) is 0.856. The monoisotopic (exact) mass is 311 g/mol. The molecule has 112 valence electrons. The highest BCUT2D eigenvalue weighted by atomic mass is 32.2. The van der Waals surface area contributed by atoms with Crippen LogP contribution in [0.3, 0.4) is 0 Å². The van der Waals surface area contributed by atoms with E-state index in [-0.39, 0.29) is 17.0 Å². The maximum Gasteiger partial charge on any atom is 0.241 e. The van der Waals surface area contributed by atoms with Crippen molar-refractivity contribution < 1.29 is 17.9 Å². The fourth-order valence-corrected chi connectivity index (χ4v) is 3.00. The van der Waals surface area contributed by atoms with Gasteiger partial charge in [0, 0.05) is 6.20 Å². The number of nitrogens with zero attached hydrogens (tertiary/aromatic N) is 2.